The summed E-state index contributed by atoms with van der Waals surface area (Å²) in [6.45, 7) is 26.2. The Morgan fingerprint density at radius 1 is 0.444 bits per heavy atom. The molecule has 0 aromatic carbocycles. The summed E-state index contributed by atoms with van der Waals surface area (Å²) >= 11 is 0. The van der Waals surface area contributed by atoms with Crippen molar-refractivity contribution in [3.05, 3.63) is 0 Å². The predicted octanol–water partition coefficient (Wildman–Crippen LogP) is 11.4. The molecule has 0 aliphatic heterocycles. The summed E-state index contributed by atoms with van der Waals surface area (Å²) in [5, 5.41) is 0. The highest BCUT2D eigenvalue weighted by Crippen LogP contribution is 2.28. The van der Waals surface area contributed by atoms with Gasteiger partial charge in [-0.3, -0.25) is 4.21 Å². The smallest absolute Gasteiger partial charge is 0.420 e. The van der Waals surface area contributed by atoms with Crippen molar-refractivity contribution < 1.29 is 16.6 Å². The van der Waals surface area contributed by atoms with Crippen LogP contribution in [0.4, 0.5) is 0 Å². The van der Waals surface area contributed by atoms with Crippen molar-refractivity contribution in [2.75, 3.05) is 11.5 Å². The maximum atomic E-state index is 11.5. The van der Waals surface area contributed by atoms with Gasteiger partial charge in [-0.25, -0.2) is 0 Å². The summed E-state index contributed by atoms with van der Waals surface area (Å²) in [7, 11) is -8.80. The normalized spacial score (nSPS) is 13.9. The fraction of sp³-hybridized carbons (Fsp3) is 1.00. The first-order chi connectivity index (χ1) is 21.1. The van der Waals surface area contributed by atoms with Gasteiger partial charge in [0, 0.05) is 44.5 Å². The van der Waals surface area contributed by atoms with E-state index in [0.29, 0.717) is 0 Å². The first kappa shape index (κ1) is 46.3. The standard InChI is InChI=1S/C34H82O4SSi6/c1-12-39(35)29-24-20-16-14-13-15-17-21-25-30-43(8,9)31-26-22-18-19-23-27-32-44(10,11)33-28-34-45(36-40(2)3,37-41(4)5)38-42(6)7/h40-42H,12-34H2,1-11H3. The fourth-order valence-electron chi connectivity index (χ4n) is 6.53. The van der Waals surface area contributed by atoms with Gasteiger partial charge >= 0.3 is 8.80 Å². The zero-order chi connectivity index (χ0) is 34.2. The van der Waals surface area contributed by atoms with Crippen molar-refractivity contribution in [2.24, 2.45) is 0 Å². The Labute approximate surface area is 294 Å². The Balaban J connectivity index is 3.98. The van der Waals surface area contributed by atoms with Gasteiger partial charge in [-0.15, -0.1) is 0 Å². The maximum Gasteiger partial charge on any atom is 0.468 e. The van der Waals surface area contributed by atoms with E-state index in [9.17, 15) is 4.21 Å². The van der Waals surface area contributed by atoms with Crippen molar-refractivity contribution in [3.63, 3.8) is 0 Å². The molecule has 0 bridgehead atoms. The van der Waals surface area contributed by atoms with Crippen LogP contribution in [0.5, 0.6) is 0 Å². The summed E-state index contributed by atoms with van der Waals surface area (Å²) < 4.78 is 31.3. The fourth-order valence-corrected chi connectivity index (χ4v) is 25.8. The highest BCUT2D eigenvalue weighted by atomic mass is 32.2. The Kier molecular flexibility index (Phi) is 27.9. The largest absolute Gasteiger partial charge is 0.468 e. The van der Waals surface area contributed by atoms with Crippen molar-refractivity contribution in [1.29, 1.82) is 0 Å². The molecule has 0 N–H and O–H groups in total. The highest BCUT2D eigenvalue weighted by Gasteiger charge is 2.42. The number of hydrogen-bond donors (Lipinski definition) is 0. The minimum Gasteiger partial charge on any atom is -0.420 e. The average Bonchev–Trinajstić information content (AvgIpc) is 2.91. The Morgan fingerprint density at radius 3 is 1.04 bits per heavy atom. The lowest BCUT2D eigenvalue weighted by Gasteiger charge is -2.36. The molecule has 0 aromatic rings. The van der Waals surface area contributed by atoms with Crippen molar-refractivity contribution in [2.45, 2.75) is 205 Å². The SMILES string of the molecule is CCS(=O)CCCCCCCCCCC[Si](C)(C)CCCCCCCC[Si](C)(C)CCC[Si](O[SiH](C)C)(O[SiH](C)C)O[SiH](C)C. The molecule has 0 spiro atoms. The molecular weight excluding hydrogens is 673 g/mol. The first-order valence-corrected chi connectivity index (χ1v) is 38.1. The number of hydrogen-bond acceptors (Lipinski definition) is 4. The molecule has 0 rings (SSSR count). The second kappa shape index (κ2) is 27.1. The minimum absolute atomic E-state index is 0.563. The van der Waals surface area contributed by atoms with E-state index >= 15 is 0 Å². The maximum absolute atomic E-state index is 11.5. The van der Waals surface area contributed by atoms with Gasteiger partial charge in [-0.1, -0.05) is 154 Å². The zero-order valence-corrected chi connectivity index (χ0v) is 39.8. The monoisotopic (exact) mass is 754 g/mol. The van der Waals surface area contributed by atoms with Gasteiger partial charge < -0.3 is 12.3 Å². The molecule has 0 saturated carbocycles. The van der Waals surface area contributed by atoms with Crippen LogP contribution in [-0.2, 0) is 23.1 Å². The molecule has 45 heavy (non-hydrogen) atoms. The highest BCUT2D eigenvalue weighted by molar-refractivity contribution is 7.84. The Morgan fingerprint density at radius 2 is 0.733 bits per heavy atom. The van der Waals surface area contributed by atoms with Gasteiger partial charge in [0.2, 0.25) is 0 Å². The molecule has 0 saturated heterocycles. The van der Waals surface area contributed by atoms with E-state index in [-0.39, 0.29) is 0 Å². The molecule has 272 valence electrons. The Hall–Kier alpha value is 1.33. The van der Waals surface area contributed by atoms with Crippen molar-refractivity contribution in [1.82, 2.24) is 0 Å². The topological polar surface area (TPSA) is 44.8 Å². The summed E-state index contributed by atoms with van der Waals surface area (Å²) in [6, 6.07) is 6.99. The van der Waals surface area contributed by atoms with Crippen LogP contribution in [0.3, 0.4) is 0 Å². The third-order valence-corrected chi connectivity index (χ3v) is 28.2. The van der Waals surface area contributed by atoms with Crippen LogP contribution in [0.15, 0.2) is 0 Å². The molecule has 1 unspecified atom stereocenters. The lowest BCUT2D eigenvalue weighted by Crippen LogP contribution is -2.53. The average molecular weight is 756 g/mol. The van der Waals surface area contributed by atoms with E-state index in [0.717, 1.165) is 24.0 Å². The molecule has 0 fully saturated rings. The van der Waals surface area contributed by atoms with E-state index in [1.807, 2.05) is 6.92 Å². The molecule has 4 nitrogen and oxygen atoms in total. The van der Waals surface area contributed by atoms with E-state index in [4.69, 9.17) is 12.3 Å². The second-order valence-corrected chi connectivity index (χ2v) is 39.9. The van der Waals surface area contributed by atoms with E-state index in [1.54, 1.807) is 0 Å². The van der Waals surface area contributed by atoms with Crippen LogP contribution in [0.25, 0.3) is 0 Å². The van der Waals surface area contributed by atoms with E-state index in [1.165, 1.54) is 120 Å². The quantitative estimate of drug-likeness (QED) is 0.0507. The van der Waals surface area contributed by atoms with Gasteiger partial charge in [-0.2, -0.15) is 0 Å². The minimum atomic E-state index is -2.48. The molecule has 1 atom stereocenters. The van der Waals surface area contributed by atoms with Gasteiger partial charge in [-0.05, 0) is 45.7 Å². The van der Waals surface area contributed by atoms with Crippen molar-refractivity contribution >= 4 is 62.9 Å². The first-order valence-electron chi connectivity index (χ1n) is 19.5. The van der Waals surface area contributed by atoms with Crippen LogP contribution in [0, 0.1) is 0 Å². The van der Waals surface area contributed by atoms with Crippen LogP contribution in [0.1, 0.15) is 110 Å². The van der Waals surface area contributed by atoms with Crippen LogP contribution in [0.2, 0.25) is 95.7 Å². The van der Waals surface area contributed by atoms with Gasteiger partial charge in [0.25, 0.3) is 0 Å². The summed E-state index contributed by atoms with van der Waals surface area (Å²) in [5.74, 6) is 1.74. The van der Waals surface area contributed by atoms with Crippen molar-refractivity contribution in [3.8, 4) is 0 Å². The van der Waals surface area contributed by atoms with Gasteiger partial charge in [0.1, 0.15) is 0 Å². The van der Waals surface area contributed by atoms with Gasteiger partial charge in [0.05, 0.1) is 0 Å². The summed E-state index contributed by atoms with van der Waals surface area (Å²) in [4.78, 5) is 0. The van der Waals surface area contributed by atoms with Crippen LogP contribution < -0.4 is 0 Å². The zero-order valence-electron chi connectivity index (χ0n) is 32.5. The lowest BCUT2D eigenvalue weighted by atomic mass is 10.1. The summed E-state index contributed by atoms with van der Waals surface area (Å²) in [5.41, 5.74) is 0. The second-order valence-electron chi connectivity index (χ2n) is 16.4. The predicted molar refractivity (Wildman–Crippen MR) is 222 cm³/mol. The molecule has 0 aliphatic carbocycles. The van der Waals surface area contributed by atoms with Crippen LogP contribution in [-0.4, -0.2) is 67.8 Å². The Bertz CT molecular complexity index is 698. The third kappa shape index (κ3) is 28.8. The number of rotatable bonds is 32. The summed E-state index contributed by atoms with van der Waals surface area (Å²) in [6.07, 6.45) is 22.2. The van der Waals surface area contributed by atoms with E-state index < -0.39 is 62.9 Å². The molecule has 0 amide bonds. The number of unbranched alkanes of at least 4 members (excludes halogenated alkanes) is 13. The molecule has 0 aliphatic rings. The van der Waals surface area contributed by atoms with E-state index in [2.05, 4.69) is 65.5 Å². The third-order valence-electron chi connectivity index (χ3n) is 9.09. The molecule has 0 heterocycles. The molecule has 11 heteroatoms. The molecular formula is C34H82O4SSi6. The molecule has 0 radical (unpaired) electrons. The van der Waals surface area contributed by atoms with Crippen LogP contribution >= 0.6 is 0 Å². The molecule has 0 aromatic heterocycles. The van der Waals surface area contributed by atoms with Gasteiger partial charge in [0.15, 0.2) is 27.1 Å². The lowest BCUT2D eigenvalue weighted by molar-refractivity contribution is 0.267.